The lowest BCUT2D eigenvalue weighted by Crippen LogP contribution is -2.54. The number of amides is 1. The summed E-state index contributed by atoms with van der Waals surface area (Å²) in [7, 11) is 0. The van der Waals surface area contributed by atoms with Crippen molar-refractivity contribution in [3.8, 4) is 5.75 Å². The average Bonchev–Trinajstić information content (AvgIpc) is 2.80. The zero-order chi connectivity index (χ0) is 21.3. The molecule has 2 atom stereocenters. The summed E-state index contributed by atoms with van der Waals surface area (Å²) >= 11 is 0. The summed E-state index contributed by atoms with van der Waals surface area (Å²) in [6, 6.07) is 18.5. The molecule has 1 fully saturated rings. The van der Waals surface area contributed by atoms with E-state index in [-0.39, 0.29) is 11.9 Å². The molecule has 0 bridgehead atoms. The second-order valence-corrected chi connectivity index (χ2v) is 7.86. The lowest BCUT2D eigenvalue weighted by Gasteiger charge is -2.39. The number of carbonyl (C=O) groups is 1. The van der Waals surface area contributed by atoms with Gasteiger partial charge in [0.1, 0.15) is 5.75 Å². The first-order chi connectivity index (χ1) is 14.6. The van der Waals surface area contributed by atoms with Crippen molar-refractivity contribution < 1.29 is 9.53 Å². The van der Waals surface area contributed by atoms with Crippen LogP contribution >= 0.6 is 0 Å². The normalized spacial score (nSPS) is 16.7. The largest absolute Gasteiger partial charge is 0.492 e. The van der Waals surface area contributed by atoms with Crippen molar-refractivity contribution >= 4 is 11.6 Å². The number of benzene rings is 2. The van der Waals surface area contributed by atoms with Gasteiger partial charge in [-0.2, -0.15) is 0 Å². The van der Waals surface area contributed by atoms with Crippen LogP contribution in [0, 0.1) is 0 Å². The molecule has 3 rings (SSSR count). The lowest BCUT2D eigenvalue weighted by atomic mass is 9.96. The fraction of sp³-hybridized carbons (Fsp3) is 0.480. The van der Waals surface area contributed by atoms with E-state index in [1.807, 2.05) is 32.0 Å². The Balaban J connectivity index is 1.51. The Morgan fingerprint density at radius 2 is 1.67 bits per heavy atom. The van der Waals surface area contributed by atoms with Crippen molar-refractivity contribution in [2.45, 2.75) is 39.2 Å². The highest BCUT2D eigenvalue weighted by atomic mass is 16.5. The van der Waals surface area contributed by atoms with Crippen LogP contribution in [0.4, 0.5) is 5.69 Å². The Morgan fingerprint density at radius 1 is 1.00 bits per heavy atom. The number of nitrogens with zero attached hydrogens (tertiary/aromatic N) is 2. The maximum Gasteiger partial charge on any atom is 0.237 e. The minimum absolute atomic E-state index is 0.118. The van der Waals surface area contributed by atoms with Crippen LogP contribution in [0.5, 0.6) is 5.75 Å². The monoisotopic (exact) mass is 409 g/mol. The summed E-state index contributed by atoms with van der Waals surface area (Å²) in [4.78, 5) is 17.4. The van der Waals surface area contributed by atoms with Gasteiger partial charge in [0.25, 0.3) is 0 Å². The molecule has 0 aliphatic carbocycles. The van der Waals surface area contributed by atoms with Crippen LogP contribution in [0.25, 0.3) is 0 Å². The van der Waals surface area contributed by atoms with Gasteiger partial charge in [0.05, 0.1) is 18.3 Å². The van der Waals surface area contributed by atoms with Gasteiger partial charge >= 0.3 is 0 Å². The molecule has 0 unspecified atom stereocenters. The molecule has 1 heterocycles. The summed E-state index contributed by atoms with van der Waals surface area (Å²) in [5.41, 5.74) is 2.43. The van der Waals surface area contributed by atoms with E-state index in [0.29, 0.717) is 19.1 Å². The number of hydrogen-bond donors (Lipinski definition) is 1. The molecule has 0 aromatic heterocycles. The fourth-order valence-corrected chi connectivity index (χ4v) is 4.11. The maximum atomic E-state index is 12.8. The second kappa shape index (κ2) is 11.0. The van der Waals surface area contributed by atoms with Gasteiger partial charge in [-0.05, 0) is 38.0 Å². The van der Waals surface area contributed by atoms with Crippen LogP contribution in [0.1, 0.15) is 38.7 Å². The first kappa shape index (κ1) is 22.2. The van der Waals surface area contributed by atoms with Gasteiger partial charge < -0.3 is 15.0 Å². The Bertz CT molecular complexity index is 788. The van der Waals surface area contributed by atoms with Crippen molar-refractivity contribution in [1.29, 1.82) is 0 Å². The van der Waals surface area contributed by atoms with Gasteiger partial charge in [0.2, 0.25) is 5.91 Å². The number of piperazine rings is 1. The molecule has 5 heteroatoms. The van der Waals surface area contributed by atoms with Crippen LogP contribution < -0.4 is 15.0 Å². The SMILES string of the molecule is CCOc1ccccc1N1CCN([C@H](C)C(=O)NC[C@@H](CC)c2ccccc2)CC1. The first-order valence-corrected chi connectivity index (χ1v) is 11.2. The van der Waals surface area contributed by atoms with E-state index in [0.717, 1.165) is 44.0 Å². The van der Waals surface area contributed by atoms with Gasteiger partial charge in [0, 0.05) is 38.6 Å². The van der Waals surface area contributed by atoms with Crippen molar-refractivity contribution in [3.63, 3.8) is 0 Å². The minimum atomic E-state index is -0.123. The highest BCUT2D eigenvalue weighted by Gasteiger charge is 2.27. The summed E-state index contributed by atoms with van der Waals surface area (Å²) in [6.45, 7) is 11.1. The summed E-state index contributed by atoms with van der Waals surface area (Å²) in [5.74, 6) is 1.41. The lowest BCUT2D eigenvalue weighted by molar-refractivity contribution is -0.126. The van der Waals surface area contributed by atoms with Crippen molar-refractivity contribution in [3.05, 3.63) is 60.2 Å². The minimum Gasteiger partial charge on any atom is -0.492 e. The highest BCUT2D eigenvalue weighted by Crippen LogP contribution is 2.29. The van der Waals surface area contributed by atoms with Crippen molar-refractivity contribution in [2.75, 3.05) is 44.2 Å². The third kappa shape index (κ3) is 5.54. The summed E-state index contributed by atoms with van der Waals surface area (Å²) in [5, 5.41) is 3.18. The smallest absolute Gasteiger partial charge is 0.237 e. The molecule has 1 amide bonds. The topological polar surface area (TPSA) is 44.8 Å². The zero-order valence-electron chi connectivity index (χ0n) is 18.5. The van der Waals surface area contributed by atoms with Crippen molar-refractivity contribution in [2.24, 2.45) is 0 Å². The number of anilines is 1. The van der Waals surface area contributed by atoms with E-state index in [4.69, 9.17) is 4.74 Å². The molecule has 1 N–H and O–H groups in total. The Kier molecular flexibility index (Phi) is 8.14. The molecule has 2 aromatic rings. The molecular weight excluding hydrogens is 374 g/mol. The number of ether oxygens (including phenoxy) is 1. The Hall–Kier alpha value is -2.53. The van der Waals surface area contributed by atoms with Crippen LogP contribution in [0.3, 0.4) is 0 Å². The fourth-order valence-electron chi connectivity index (χ4n) is 4.11. The third-order valence-corrected chi connectivity index (χ3v) is 6.03. The van der Waals surface area contributed by atoms with Crippen LogP contribution in [0.2, 0.25) is 0 Å². The van der Waals surface area contributed by atoms with Gasteiger partial charge in [-0.15, -0.1) is 0 Å². The van der Waals surface area contributed by atoms with E-state index >= 15 is 0 Å². The second-order valence-electron chi connectivity index (χ2n) is 7.86. The molecule has 1 saturated heterocycles. The average molecular weight is 410 g/mol. The van der Waals surface area contributed by atoms with E-state index in [1.165, 1.54) is 5.56 Å². The zero-order valence-corrected chi connectivity index (χ0v) is 18.5. The summed E-state index contributed by atoms with van der Waals surface area (Å²) in [6.07, 6.45) is 1.01. The maximum absolute atomic E-state index is 12.8. The van der Waals surface area contributed by atoms with Gasteiger partial charge in [-0.3, -0.25) is 9.69 Å². The molecule has 30 heavy (non-hydrogen) atoms. The molecule has 1 aliphatic heterocycles. The highest BCUT2D eigenvalue weighted by molar-refractivity contribution is 5.81. The molecule has 0 spiro atoms. The van der Waals surface area contributed by atoms with Crippen molar-refractivity contribution in [1.82, 2.24) is 10.2 Å². The standard InChI is InChI=1S/C25H35N3O2/c1-4-21(22-11-7-6-8-12-22)19-26-25(29)20(3)27-15-17-28(18-16-27)23-13-9-10-14-24(23)30-5-2/h6-14,20-21H,4-5,15-19H2,1-3H3,(H,26,29)/t20-,21-/m1/s1. The molecule has 0 radical (unpaired) electrons. The molecular formula is C25H35N3O2. The molecule has 0 saturated carbocycles. The first-order valence-electron chi connectivity index (χ1n) is 11.2. The molecule has 1 aliphatic rings. The molecule has 2 aromatic carbocycles. The Labute approximate surface area is 181 Å². The summed E-state index contributed by atoms with van der Waals surface area (Å²) < 4.78 is 5.78. The van der Waals surface area contributed by atoms with Gasteiger partial charge in [-0.25, -0.2) is 0 Å². The third-order valence-electron chi connectivity index (χ3n) is 6.03. The number of para-hydroxylation sites is 2. The van der Waals surface area contributed by atoms with Crippen LogP contribution in [-0.4, -0.2) is 56.2 Å². The van der Waals surface area contributed by atoms with E-state index in [1.54, 1.807) is 0 Å². The predicted molar refractivity (Wildman–Crippen MR) is 123 cm³/mol. The predicted octanol–water partition coefficient (Wildman–Crippen LogP) is 3.91. The van der Waals surface area contributed by atoms with E-state index in [2.05, 4.69) is 58.4 Å². The van der Waals surface area contributed by atoms with Crippen LogP contribution in [0.15, 0.2) is 54.6 Å². The van der Waals surface area contributed by atoms with Gasteiger partial charge in [0.15, 0.2) is 0 Å². The quantitative estimate of drug-likeness (QED) is 0.682. The van der Waals surface area contributed by atoms with Gasteiger partial charge in [-0.1, -0.05) is 49.4 Å². The number of nitrogens with one attached hydrogen (secondary N) is 1. The Morgan fingerprint density at radius 3 is 2.33 bits per heavy atom. The van der Waals surface area contributed by atoms with Crippen LogP contribution in [-0.2, 0) is 4.79 Å². The molecule has 5 nitrogen and oxygen atoms in total. The molecule has 162 valence electrons. The number of hydrogen-bond acceptors (Lipinski definition) is 4. The number of rotatable bonds is 9. The number of carbonyl (C=O) groups excluding carboxylic acids is 1. The van der Waals surface area contributed by atoms with E-state index < -0.39 is 0 Å². The van der Waals surface area contributed by atoms with E-state index in [9.17, 15) is 4.79 Å².